The Morgan fingerprint density at radius 1 is 1.19 bits per heavy atom. The number of aromatic nitrogens is 3. The largest absolute Gasteiger partial charge is 0.452 e. The minimum Gasteiger partial charge on any atom is -0.452 e. The lowest BCUT2D eigenvalue weighted by atomic mass is 10.1. The zero-order chi connectivity index (χ0) is 22.0. The quantitative estimate of drug-likeness (QED) is 0.405. The summed E-state index contributed by atoms with van der Waals surface area (Å²) in [6.45, 7) is 3.49. The van der Waals surface area contributed by atoms with Crippen LogP contribution in [-0.4, -0.2) is 33.2 Å². The van der Waals surface area contributed by atoms with Crippen molar-refractivity contribution in [1.82, 2.24) is 14.8 Å². The number of anilines is 1. The minimum absolute atomic E-state index is 0.0835. The van der Waals surface area contributed by atoms with Crippen LogP contribution in [-0.2, 0) is 9.53 Å². The second-order valence-corrected chi connectivity index (χ2v) is 8.77. The molecule has 158 valence electrons. The maximum absolute atomic E-state index is 12.9. The molecule has 0 bridgehead atoms. The first kappa shape index (κ1) is 21.0. The number of hydrogen-bond acceptors (Lipinski definition) is 6. The Balaban J connectivity index is 1.54. The van der Waals surface area contributed by atoms with Crippen LogP contribution in [0.3, 0.4) is 0 Å². The number of thiophene rings is 1. The molecular formula is C22H19ClN4O3S. The number of carbonyl (C=O) groups excluding carboxylic acids is 2. The molecule has 0 radical (unpaired) electrons. The lowest BCUT2D eigenvalue weighted by molar-refractivity contribution is -0.119. The molecule has 1 amide bonds. The van der Waals surface area contributed by atoms with Gasteiger partial charge in [-0.3, -0.25) is 4.79 Å². The second kappa shape index (κ2) is 8.87. The lowest BCUT2D eigenvalue weighted by Crippen LogP contribution is -2.23. The van der Waals surface area contributed by atoms with Gasteiger partial charge in [-0.2, -0.15) is 5.10 Å². The second-order valence-electron chi connectivity index (χ2n) is 7.06. The number of esters is 1. The molecule has 1 aromatic carbocycles. The van der Waals surface area contributed by atoms with E-state index in [-0.39, 0.29) is 6.04 Å². The maximum atomic E-state index is 12.9. The van der Waals surface area contributed by atoms with Crippen LogP contribution in [0.15, 0.2) is 54.7 Å². The third kappa shape index (κ3) is 4.60. The first-order chi connectivity index (χ1) is 14.9. The monoisotopic (exact) mass is 454 g/mol. The molecule has 0 atom stereocenters. The number of fused-ring (bicyclic) bond motifs is 1. The number of para-hydroxylation sites is 1. The van der Waals surface area contributed by atoms with Crippen molar-refractivity contribution in [2.24, 2.45) is 0 Å². The number of nitrogens with one attached hydrogen (secondary N) is 1. The number of carbonyl (C=O) groups is 2. The van der Waals surface area contributed by atoms with E-state index in [1.165, 1.54) is 11.3 Å². The highest BCUT2D eigenvalue weighted by Crippen LogP contribution is 2.32. The van der Waals surface area contributed by atoms with E-state index in [0.717, 1.165) is 4.88 Å². The molecule has 31 heavy (non-hydrogen) atoms. The van der Waals surface area contributed by atoms with Crippen LogP contribution in [0, 0.1) is 0 Å². The molecule has 0 aliphatic heterocycles. The van der Waals surface area contributed by atoms with Crippen molar-refractivity contribution in [3.8, 4) is 10.6 Å². The van der Waals surface area contributed by atoms with Gasteiger partial charge >= 0.3 is 5.97 Å². The van der Waals surface area contributed by atoms with E-state index >= 15 is 0 Å². The Morgan fingerprint density at radius 2 is 2.00 bits per heavy atom. The fraction of sp³-hybridized carbons (Fsp3) is 0.182. The summed E-state index contributed by atoms with van der Waals surface area (Å²) in [5.74, 6) is -0.503. The van der Waals surface area contributed by atoms with Gasteiger partial charge in [0.05, 0.1) is 32.2 Å². The molecule has 4 rings (SSSR count). The average Bonchev–Trinajstić information content (AvgIpc) is 3.40. The van der Waals surface area contributed by atoms with Gasteiger partial charge in [-0.05, 0) is 38.1 Å². The Morgan fingerprint density at radius 3 is 2.74 bits per heavy atom. The average molecular weight is 455 g/mol. The van der Waals surface area contributed by atoms with Crippen molar-refractivity contribution >= 4 is 51.5 Å². The zero-order valence-electron chi connectivity index (χ0n) is 16.8. The van der Waals surface area contributed by atoms with Gasteiger partial charge in [0, 0.05) is 17.5 Å². The zero-order valence-corrected chi connectivity index (χ0v) is 18.4. The first-order valence-corrected chi connectivity index (χ1v) is 10.8. The number of nitrogens with zero attached hydrogens (tertiary/aromatic N) is 3. The van der Waals surface area contributed by atoms with Gasteiger partial charge in [-0.25, -0.2) is 14.5 Å². The molecule has 0 unspecified atom stereocenters. The van der Waals surface area contributed by atoms with Crippen molar-refractivity contribution < 1.29 is 14.3 Å². The van der Waals surface area contributed by atoms with Crippen molar-refractivity contribution in [1.29, 1.82) is 0 Å². The third-order valence-electron chi connectivity index (χ3n) is 4.52. The molecule has 7 nitrogen and oxygen atoms in total. The summed E-state index contributed by atoms with van der Waals surface area (Å²) in [5.41, 5.74) is 1.61. The number of benzene rings is 1. The summed E-state index contributed by atoms with van der Waals surface area (Å²) in [4.78, 5) is 30.6. The van der Waals surface area contributed by atoms with Gasteiger partial charge in [0.2, 0.25) is 0 Å². The maximum Gasteiger partial charge on any atom is 0.339 e. The summed E-state index contributed by atoms with van der Waals surface area (Å²) >= 11 is 7.42. The van der Waals surface area contributed by atoms with Crippen LogP contribution in [0.1, 0.15) is 30.2 Å². The number of rotatable bonds is 6. The molecule has 0 saturated carbocycles. The van der Waals surface area contributed by atoms with Crippen molar-refractivity contribution in [2.75, 3.05) is 11.9 Å². The van der Waals surface area contributed by atoms with Crippen LogP contribution in [0.5, 0.6) is 0 Å². The van der Waals surface area contributed by atoms with E-state index in [2.05, 4.69) is 15.4 Å². The SMILES string of the molecule is CC(C)n1nccc1NC(=O)COC(=O)c1cc(-c2ccc(Cl)s2)nc2ccccc12. The number of pyridine rings is 1. The molecule has 4 aromatic rings. The molecule has 0 spiro atoms. The molecular weight excluding hydrogens is 436 g/mol. The Kier molecular flexibility index (Phi) is 6.01. The highest BCUT2D eigenvalue weighted by molar-refractivity contribution is 7.19. The molecule has 3 heterocycles. The Bertz CT molecular complexity index is 1260. The highest BCUT2D eigenvalue weighted by atomic mass is 35.5. The van der Waals surface area contributed by atoms with Gasteiger partial charge in [-0.1, -0.05) is 29.8 Å². The number of ether oxygens (including phenoxy) is 1. The van der Waals surface area contributed by atoms with E-state index in [9.17, 15) is 9.59 Å². The molecule has 9 heteroatoms. The van der Waals surface area contributed by atoms with E-state index in [0.29, 0.717) is 32.3 Å². The topological polar surface area (TPSA) is 86.1 Å². The predicted molar refractivity (Wildman–Crippen MR) is 122 cm³/mol. The highest BCUT2D eigenvalue weighted by Gasteiger charge is 2.18. The van der Waals surface area contributed by atoms with E-state index in [1.807, 2.05) is 38.1 Å². The predicted octanol–water partition coefficient (Wildman–Crippen LogP) is 5.19. The van der Waals surface area contributed by atoms with Crippen LogP contribution in [0.4, 0.5) is 5.82 Å². The molecule has 0 fully saturated rings. The van der Waals surface area contributed by atoms with Gasteiger partial charge < -0.3 is 10.1 Å². The van der Waals surface area contributed by atoms with Crippen LogP contribution >= 0.6 is 22.9 Å². The first-order valence-electron chi connectivity index (χ1n) is 9.58. The van der Waals surface area contributed by atoms with Crippen LogP contribution in [0.25, 0.3) is 21.5 Å². The van der Waals surface area contributed by atoms with Gasteiger partial charge in [-0.15, -0.1) is 11.3 Å². The van der Waals surface area contributed by atoms with Crippen LogP contribution < -0.4 is 5.32 Å². The third-order valence-corrected chi connectivity index (χ3v) is 5.78. The summed E-state index contributed by atoms with van der Waals surface area (Å²) < 4.78 is 7.62. The van der Waals surface area contributed by atoms with Crippen molar-refractivity contribution in [3.63, 3.8) is 0 Å². The van der Waals surface area contributed by atoms with E-state index < -0.39 is 18.5 Å². The Hall–Kier alpha value is -3.23. The van der Waals surface area contributed by atoms with Crippen LogP contribution in [0.2, 0.25) is 4.34 Å². The van der Waals surface area contributed by atoms with Gasteiger partial charge in [0.15, 0.2) is 6.61 Å². The minimum atomic E-state index is -0.602. The molecule has 0 aliphatic carbocycles. The number of amides is 1. The lowest BCUT2D eigenvalue weighted by Gasteiger charge is -2.12. The molecule has 0 saturated heterocycles. The summed E-state index contributed by atoms with van der Waals surface area (Å²) in [6.07, 6.45) is 1.60. The fourth-order valence-corrected chi connectivity index (χ4v) is 4.14. The van der Waals surface area contributed by atoms with Gasteiger partial charge in [0.25, 0.3) is 5.91 Å². The standard InChI is InChI=1S/C22H19ClN4O3S/c1-13(2)27-20(9-10-24-27)26-21(28)12-30-22(29)15-11-17(18-7-8-19(23)31-18)25-16-6-4-3-5-14(15)16/h3-11,13H,12H2,1-2H3,(H,26,28). The summed E-state index contributed by atoms with van der Waals surface area (Å²) in [7, 11) is 0. The van der Waals surface area contributed by atoms with E-state index in [4.69, 9.17) is 16.3 Å². The summed E-state index contributed by atoms with van der Waals surface area (Å²) in [6, 6.07) is 14.4. The van der Waals surface area contributed by atoms with Gasteiger partial charge in [0.1, 0.15) is 5.82 Å². The van der Waals surface area contributed by atoms with Crippen molar-refractivity contribution in [3.05, 3.63) is 64.6 Å². The van der Waals surface area contributed by atoms with E-state index in [1.54, 1.807) is 35.1 Å². The number of halogens is 1. The summed E-state index contributed by atoms with van der Waals surface area (Å²) in [5, 5.41) is 7.53. The smallest absolute Gasteiger partial charge is 0.339 e. The number of hydrogen-bond donors (Lipinski definition) is 1. The molecule has 1 N–H and O–H groups in total. The fourth-order valence-electron chi connectivity index (χ4n) is 3.14. The molecule has 0 aliphatic rings. The Labute approximate surface area is 187 Å². The molecule has 3 aromatic heterocycles. The van der Waals surface area contributed by atoms with Crippen molar-refractivity contribution in [2.45, 2.75) is 19.9 Å². The normalized spacial score (nSPS) is 11.1.